The molecule has 0 aliphatic heterocycles. The molecule has 0 saturated carbocycles. The Hall–Kier alpha value is -1.40. The van der Waals surface area contributed by atoms with Crippen LogP contribution in [-0.4, -0.2) is 20.2 Å². The summed E-state index contributed by atoms with van der Waals surface area (Å²) in [4.78, 5) is 3.78. The number of rotatable bonds is 4. The van der Waals surface area contributed by atoms with Gasteiger partial charge in [0.1, 0.15) is 0 Å². The molecule has 0 atom stereocenters. The maximum absolute atomic E-state index is 13.4. The van der Waals surface area contributed by atoms with Gasteiger partial charge < -0.3 is 9.30 Å². The molecule has 1 heterocycles. The Labute approximate surface area is 116 Å². The standard InChI is InChI=1S/C11H7Cl2F3N2O/c12-10(13,14)11(15,16)19-9-4-2-1-3-8(9)18-6-5-17-7-18/h1-7H. The van der Waals surface area contributed by atoms with E-state index in [1.807, 2.05) is 0 Å². The van der Waals surface area contributed by atoms with Crippen LogP contribution in [0.1, 0.15) is 0 Å². The second-order valence-corrected chi connectivity index (χ2v) is 4.79. The van der Waals surface area contributed by atoms with E-state index in [0.29, 0.717) is 0 Å². The first-order valence-electron chi connectivity index (χ1n) is 5.02. The molecule has 0 fully saturated rings. The highest BCUT2D eigenvalue weighted by Crippen LogP contribution is 2.42. The number of benzene rings is 1. The van der Waals surface area contributed by atoms with E-state index in [4.69, 9.17) is 23.2 Å². The van der Waals surface area contributed by atoms with Crippen LogP contribution in [0.4, 0.5) is 13.2 Å². The monoisotopic (exact) mass is 310 g/mol. The fourth-order valence-electron chi connectivity index (χ4n) is 1.35. The topological polar surface area (TPSA) is 27.1 Å². The van der Waals surface area contributed by atoms with Gasteiger partial charge in [0.15, 0.2) is 5.75 Å². The fraction of sp³-hybridized carbons (Fsp3) is 0.182. The molecule has 0 saturated heterocycles. The third-order valence-electron chi connectivity index (χ3n) is 2.22. The van der Waals surface area contributed by atoms with E-state index in [1.54, 1.807) is 6.07 Å². The van der Waals surface area contributed by atoms with Gasteiger partial charge in [-0.3, -0.25) is 0 Å². The molecule has 0 aliphatic rings. The summed E-state index contributed by atoms with van der Waals surface area (Å²) in [5.74, 6) is -0.283. The van der Waals surface area contributed by atoms with Crippen molar-refractivity contribution in [3.63, 3.8) is 0 Å². The normalized spacial score (nSPS) is 12.5. The SMILES string of the molecule is FC(Cl)(Cl)C(F)(F)Oc1ccccc1-n1ccnc1. The molecule has 0 N–H and O–H groups in total. The molecule has 0 aliphatic carbocycles. The zero-order chi connectivity index (χ0) is 14.1. The first kappa shape index (κ1) is 14.0. The van der Waals surface area contributed by atoms with Crippen molar-refractivity contribution in [3.05, 3.63) is 43.0 Å². The van der Waals surface area contributed by atoms with Crippen LogP contribution in [-0.2, 0) is 0 Å². The first-order chi connectivity index (χ1) is 8.81. The third-order valence-corrected chi connectivity index (χ3v) is 2.66. The molecule has 0 spiro atoms. The van der Waals surface area contributed by atoms with Crippen molar-refractivity contribution in [3.8, 4) is 11.4 Å². The van der Waals surface area contributed by atoms with Crippen LogP contribution in [0.15, 0.2) is 43.0 Å². The van der Waals surface area contributed by atoms with Crippen molar-refractivity contribution in [1.29, 1.82) is 0 Å². The number of hydrogen-bond acceptors (Lipinski definition) is 2. The maximum atomic E-state index is 13.4. The van der Waals surface area contributed by atoms with Gasteiger partial charge in [0.25, 0.3) is 0 Å². The fourth-order valence-corrected chi connectivity index (χ4v) is 1.43. The van der Waals surface area contributed by atoms with Gasteiger partial charge in [0.2, 0.25) is 0 Å². The predicted molar refractivity (Wildman–Crippen MR) is 64.7 cm³/mol. The molecular weight excluding hydrogens is 304 g/mol. The van der Waals surface area contributed by atoms with Crippen molar-refractivity contribution in [2.45, 2.75) is 10.7 Å². The van der Waals surface area contributed by atoms with Crippen molar-refractivity contribution in [2.75, 3.05) is 0 Å². The van der Waals surface area contributed by atoms with E-state index in [2.05, 4.69) is 9.72 Å². The average Bonchev–Trinajstić information content (AvgIpc) is 2.81. The summed E-state index contributed by atoms with van der Waals surface area (Å²) in [5.41, 5.74) is 0.247. The summed E-state index contributed by atoms with van der Waals surface area (Å²) in [6.45, 7) is 0. The van der Waals surface area contributed by atoms with Crippen LogP contribution in [0.3, 0.4) is 0 Å². The molecule has 0 unspecified atom stereocenters. The number of alkyl halides is 5. The summed E-state index contributed by atoms with van der Waals surface area (Å²) < 4.78 is 41.6. The lowest BCUT2D eigenvalue weighted by atomic mass is 10.3. The van der Waals surface area contributed by atoms with E-state index >= 15 is 0 Å². The Morgan fingerprint density at radius 2 is 1.84 bits per heavy atom. The summed E-state index contributed by atoms with van der Waals surface area (Å²) >= 11 is 9.51. The maximum Gasteiger partial charge on any atom is 0.463 e. The molecular formula is C11H7Cl2F3N2O. The van der Waals surface area contributed by atoms with Crippen LogP contribution >= 0.6 is 23.2 Å². The molecule has 3 nitrogen and oxygen atoms in total. The van der Waals surface area contributed by atoms with E-state index in [1.165, 1.54) is 41.5 Å². The zero-order valence-electron chi connectivity index (χ0n) is 9.23. The van der Waals surface area contributed by atoms with Crippen LogP contribution in [0.5, 0.6) is 5.75 Å². The number of halogens is 5. The minimum Gasteiger partial charge on any atom is -0.426 e. The Morgan fingerprint density at radius 1 is 1.16 bits per heavy atom. The minimum atomic E-state index is -4.40. The lowest BCUT2D eigenvalue weighted by Crippen LogP contribution is -2.40. The molecule has 102 valence electrons. The molecule has 2 aromatic rings. The molecule has 0 amide bonds. The Morgan fingerprint density at radius 3 is 2.42 bits per heavy atom. The number of nitrogens with zero attached hydrogens (tertiary/aromatic N) is 2. The molecule has 1 aromatic carbocycles. The molecule has 0 radical (unpaired) electrons. The summed E-state index contributed by atoms with van der Waals surface area (Å²) in [7, 11) is 0. The first-order valence-corrected chi connectivity index (χ1v) is 5.78. The van der Waals surface area contributed by atoms with Gasteiger partial charge in [-0.2, -0.15) is 13.2 Å². The lowest BCUT2D eigenvalue weighted by molar-refractivity contribution is -0.211. The number of hydrogen-bond donors (Lipinski definition) is 0. The van der Waals surface area contributed by atoms with E-state index in [9.17, 15) is 13.2 Å². The Kier molecular flexibility index (Phi) is 3.64. The number of aromatic nitrogens is 2. The van der Waals surface area contributed by atoms with E-state index < -0.39 is 10.7 Å². The predicted octanol–water partition coefficient (Wildman–Crippen LogP) is 3.94. The van der Waals surface area contributed by atoms with Gasteiger partial charge in [0, 0.05) is 12.4 Å². The highest BCUT2D eigenvalue weighted by molar-refractivity contribution is 6.47. The second-order valence-electron chi connectivity index (χ2n) is 3.55. The van der Waals surface area contributed by atoms with E-state index in [-0.39, 0.29) is 11.4 Å². The lowest BCUT2D eigenvalue weighted by Gasteiger charge is -2.24. The van der Waals surface area contributed by atoms with Crippen molar-refractivity contribution < 1.29 is 17.9 Å². The van der Waals surface area contributed by atoms with Crippen LogP contribution < -0.4 is 4.74 Å². The van der Waals surface area contributed by atoms with Crippen molar-refractivity contribution >= 4 is 23.2 Å². The van der Waals surface area contributed by atoms with Crippen LogP contribution in [0, 0.1) is 0 Å². The van der Waals surface area contributed by atoms with Gasteiger partial charge in [-0.25, -0.2) is 4.98 Å². The van der Waals surface area contributed by atoms with Crippen LogP contribution in [0.25, 0.3) is 5.69 Å². The van der Waals surface area contributed by atoms with Gasteiger partial charge in [-0.1, -0.05) is 35.3 Å². The second kappa shape index (κ2) is 4.94. The Balaban J connectivity index is 2.37. The van der Waals surface area contributed by atoms with Crippen molar-refractivity contribution in [2.24, 2.45) is 0 Å². The third kappa shape index (κ3) is 2.96. The van der Waals surface area contributed by atoms with Gasteiger partial charge >= 0.3 is 10.7 Å². The van der Waals surface area contributed by atoms with Crippen LogP contribution in [0.2, 0.25) is 0 Å². The number of ether oxygens (including phenoxy) is 1. The molecule has 0 bridgehead atoms. The highest BCUT2D eigenvalue weighted by atomic mass is 35.5. The summed E-state index contributed by atoms with van der Waals surface area (Å²) in [5, 5.41) is 0. The van der Waals surface area contributed by atoms with Gasteiger partial charge in [-0.15, -0.1) is 0 Å². The molecule has 2 rings (SSSR count). The van der Waals surface area contributed by atoms with Crippen molar-refractivity contribution in [1.82, 2.24) is 9.55 Å². The molecule has 8 heteroatoms. The minimum absolute atomic E-state index is 0.247. The zero-order valence-corrected chi connectivity index (χ0v) is 10.7. The van der Waals surface area contributed by atoms with Gasteiger partial charge in [0.05, 0.1) is 12.0 Å². The Bertz CT molecular complexity index is 555. The molecule has 1 aromatic heterocycles. The number of imidazole rings is 1. The van der Waals surface area contributed by atoms with Gasteiger partial charge in [-0.05, 0) is 12.1 Å². The number of para-hydroxylation sites is 2. The quantitative estimate of drug-likeness (QED) is 0.800. The summed E-state index contributed by atoms with van der Waals surface area (Å²) in [6.07, 6.45) is -0.0425. The molecule has 19 heavy (non-hydrogen) atoms. The van der Waals surface area contributed by atoms with E-state index in [0.717, 1.165) is 0 Å². The largest absolute Gasteiger partial charge is 0.463 e. The smallest absolute Gasteiger partial charge is 0.426 e. The average molecular weight is 311 g/mol. The summed E-state index contributed by atoms with van der Waals surface area (Å²) in [6, 6.07) is 5.79. The highest BCUT2D eigenvalue weighted by Gasteiger charge is 2.56.